The van der Waals surface area contributed by atoms with E-state index in [1.165, 1.54) is 13.8 Å². The summed E-state index contributed by atoms with van der Waals surface area (Å²) in [5, 5.41) is 5.26. The van der Waals surface area contributed by atoms with Crippen LogP contribution in [-0.2, 0) is 9.59 Å². The first kappa shape index (κ1) is 45.8. The Labute approximate surface area is 320 Å². The van der Waals surface area contributed by atoms with Crippen molar-refractivity contribution in [2.75, 3.05) is 13.1 Å². The zero-order chi connectivity index (χ0) is 39.7. The molecule has 54 heavy (non-hydrogen) atoms. The van der Waals surface area contributed by atoms with Gasteiger partial charge in [0, 0.05) is 169 Å². The molecular weight excluding hydrogens is 661 g/mol. The predicted molar refractivity (Wildman–Crippen MR) is 212 cm³/mol. The van der Waals surface area contributed by atoms with Crippen molar-refractivity contribution in [1.82, 2.24) is 10.6 Å². The van der Waals surface area contributed by atoms with Crippen LogP contribution in [0.15, 0.2) is 0 Å². The van der Waals surface area contributed by atoms with Gasteiger partial charge in [0.15, 0.2) is 0 Å². The van der Waals surface area contributed by atoms with Crippen molar-refractivity contribution in [3.63, 3.8) is 0 Å². The van der Waals surface area contributed by atoms with Crippen LogP contribution in [0.4, 0.5) is 0 Å². The second-order valence-electron chi connectivity index (χ2n) is 7.59. The largest absolute Gasteiger partial charge is 0.356 e. The third-order valence-corrected chi connectivity index (χ3v) is 3.67. The monoisotopic (exact) mass is 678 g/mol. The minimum atomic E-state index is -0.0344. The highest BCUT2D eigenvalue weighted by Crippen LogP contribution is 1.73. The first-order chi connectivity index (χ1) is 26.5. The molecule has 0 aromatic rings. The molecule has 0 aromatic carbocycles. The summed E-state index contributed by atoms with van der Waals surface area (Å²) in [6.07, 6.45) is 5.71. The Hall–Kier alpha value is -10.3. The molecule has 0 unspecified atom stereocenters. The smallest absolute Gasteiger partial charge is 0.216 e. The molecule has 0 saturated carbocycles. The maximum atomic E-state index is 10.3. The number of carbonyl (C=O) groups excluding carboxylic acids is 2. The van der Waals surface area contributed by atoms with Gasteiger partial charge >= 0.3 is 0 Å². The van der Waals surface area contributed by atoms with Crippen LogP contribution >= 0.6 is 0 Å². The molecule has 2 amide bonds. The molecule has 0 atom stereocenters. The second-order valence-corrected chi connectivity index (χ2v) is 7.59. The third-order valence-electron chi connectivity index (χ3n) is 3.67. The number of hydrogen-bond donors (Lipinski definition) is 2. The SMILES string of the molecule is C#CC#CC#CC#CC#CC#CC#CC#CC#CC#CC#CC#CC#CC#CC#CC#CC#CC#CC#CC#CC#CC.CC(=O)NCCCNC(C)=O. The van der Waals surface area contributed by atoms with E-state index in [1.54, 1.807) is 6.92 Å². The summed E-state index contributed by atoms with van der Waals surface area (Å²) in [6, 6.07) is 0. The number of nitrogens with one attached hydrogen (secondary N) is 2. The van der Waals surface area contributed by atoms with Crippen LogP contribution in [-0.4, -0.2) is 24.9 Å². The van der Waals surface area contributed by atoms with Gasteiger partial charge in [-0.3, -0.25) is 9.59 Å². The van der Waals surface area contributed by atoms with Gasteiger partial charge in [-0.15, -0.1) is 6.42 Å². The van der Waals surface area contributed by atoms with Crippen molar-refractivity contribution in [2.24, 2.45) is 0 Å². The fourth-order valence-electron chi connectivity index (χ4n) is 1.87. The lowest BCUT2D eigenvalue weighted by Gasteiger charge is -2.01. The maximum absolute atomic E-state index is 10.3. The molecule has 4 nitrogen and oxygen atoms in total. The van der Waals surface area contributed by atoms with Crippen molar-refractivity contribution in [1.29, 1.82) is 0 Å². The average Bonchev–Trinajstić information content (AvgIpc) is 3.15. The molecule has 0 rings (SSSR count). The van der Waals surface area contributed by atoms with E-state index in [-0.39, 0.29) is 11.8 Å². The molecule has 4 heteroatoms. The highest BCUT2D eigenvalue weighted by Gasteiger charge is 1.91. The fraction of sp³-hybridized carbons (Fsp3) is 0.120. The van der Waals surface area contributed by atoms with Crippen LogP contribution < -0.4 is 10.6 Å². The summed E-state index contributed by atoms with van der Waals surface area (Å²) in [5.74, 6) is 102. The Morgan fingerprint density at radius 2 is 0.500 bits per heavy atom. The van der Waals surface area contributed by atoms with E-state index in [4.69, 9.17) is 6.42 Å². The second kappa shape index (κ2) is 42.7. The van der Waals surface area contributed by atoms with Gasteiger partial charge in [0.05, 0.1) is 0 Å². The third kappa shape index (κ3) is 48.6. The van der Waals surface area contributed by atoms with Crippen LogP contribution in [0.25, 0.3) is 0 Å². The molecule has 0 saturated heterocycles. The van der Waals surface area contributed by atoms with Gasteiger partial charge in [-0.1, -0.05) is 5.92 Å². The number of amides is 2. The highest BCUT2D eigenvalue weighted by molar-refractivity contribution is 5.73. The van der Waals surface area contributed by atoms with Crippen molar-refractivity contribution >= 4 is 11.8 Å². The molecule has 0 aliphatic carbocycles. The van der Waals surface area contributed by atoms with E-state index in [2.05, 4.69) is 253 Å². The van der Waals surface area contributed by atoms with Crippen LogP contribution in [0, 0.1) is 249 Å². The van der Waals surface area contributed by atoms with Gasteiger partial charge in [0.1, 0.15) is 0 Å². The molecule has 0 fully saturated rings. The van der Waals surface area contributed by atoms with Crippen LogP contribution in [0.3, 0.4) is 0 Å². The van der Waals surface area contributed by atoms with E-state index in [0.29, 0.717) is 13.1 Å². The normalized spacial score (nSPS) is 4.93. The lowest BCUT2D eigenvalue weighted by atomic mass is 10.4. The van der Waals surface area contributed by atoms with Gasteiger partial charge in [-0.2, -0.15) is 0 Å². The number of carbonyl (C=O) groups is 2. The lowest BCUT2D eigenvalue weighted by Crippen LogP contribution is -2.27. The summed E-state index contributed by atoms with van der Waals surface area (Å²) >= 11 is 0. The summed E-state index contributed by atoms with van der Waals surface area (Å²) < 4.78 is 0. The van der Waals surface area contributed by atoms with E-state index in [1.807, 2.05) is 0 Å². The van der Waals surface area contributed by atoms with Crippen LogP contribution in [0.1, 0.15) is 27.2 Å². The van der Waals surface area contributed by atoms with Crippen molar-refractivity contribution in [3.8, 4) is 249 Å². The van der Waals surface area contributed by atoms with Gasteiger partial charge in [-0.25, -0.2) is 0 Å². The van der Waals surface area contributed by atoms with Gasteiger partial charge < -0.3 is 10.6 Å². The lowest BCUT2D eigenvalue weighted by molar-refractivity contribution is -0.119. The Balaban J connectivity index is 0. The molecule has 0 heterocycles. The fourth-order valence-corrected chi connectivity index (χ4v) is 1.87. The first-order valence-corrected chi connectivity index (χ1v) is 14.4. The summed E-state index contributed by atoms with van der Waals surface area (Å²) in [6.45, 7) is 5.87. The molecule has 0 aliphatic rings. The number of rotatable bonds is 4. The van der Waals surface area contributed by atoms with Gasteiger partial charge in [0.2, 0.25) is 11.8 Å². The minimum Gasteiger partial charge on any atom is -0.356 e. The summed E-state index contributed by atoms with van der Waals surface area (Å²) in [4.78, 5) is 20.7. The van der Waals surface area contributed by atoms with Crippen molar-refractivity contribution in [2.45, 2.75) is 27.2 Å². The van der Waals surface area contributed by atoms with E-state index in [9.17, 15) is 9.59 Å². The quantitative estimate of drug-likeness (QED) is 0.334. The Morgan fingerprint density at radius 1 is 0.333 bits per heavy atom. The molecule has 0 aromatic heterocycles. The molecule has 0 spiro atoms. The summed E-state index contributed by atoms with van der Waals surface area (Å²) in [5.41, 5.74) is 0. The Bertz CT molecular complexity index is 2820. The first-order valence-electron chi connectivity index (χ1n) is 14.4. The Kier molecular flexibility index (Phi) is 36.2. The zero-order valence-corrected chi connectivity index (χ0v) is 29.0. The molecule has 0 aliphatic heterocycles. The molecule has 240 valence electrons. The van der Waals surface area contributed by atoms with Crippen LogP contribution in [0.2, 0.25) is 0 Å². The van der Waals surface area contributed by atoms with Crippen molar-refractivity contribution < 1.29 is 9.59 Å². The highest BCUT2D eigenvalue weighted by atomic mass is 16.2. The van der Waals surface area contributed by atoms with Gasteiger partial charge in [0.25, 0.3) is 0 Å². The van der Waals surface area contributed by atoms with E-state index < -0.39 is 0 Å². The topological polar surface area (TPSA) is 58.2 Å². The molecule has 0 radical (unpaired) electrons. The number of terminal acetylenes is 1. The molecule has 0 bridgehead atoms. The van der Waals surface area contributed by atoms with E-state index in [0.717, 1.165) is 6.42 Å². The zero-order valence-electron chi connectivity index (χ0n) is 29.0. The van der Waals surface area contributed by atoms with Crippen LogP contribution in [0.5, 0.6) is 0 Å². The minimum absolute atomic E-state index is 0.0344. The average molecular weight is 679 g/mol. The van der Waals surface area contributed by atoms with E-state index >= 15 is 0 Å². The molecular formula is C50H18N2O2. The molecule has 2 N–H and O–H groups in total. The van der Waals surface area contributed by atoms with Gasteiger partial charge in [-0.05, 0) is 108 Å². The number of hydrogen-bond acceptors (Lipinski definition) is 2. The maximum Gasteiger partial charge on any atom is 0.216 e. The Morgan fingerprint density at radius 3 is 0.648 bits per heavy atom. The standard InChI is InChI=1S/C43H4.C7H14N2O2/c1-3-5-7-9-11-13-15-17-19-21-23-25-27-29-31-33-35-37-39-41-43-42-40-38-36-34-32-30-28-26-24-22-20-18-16-14-12-10-8-6-4-2;1-6(10)8-4-3-5-9-7(2)11/h1H,2H3;3-5H2,1-2H3,(H,8,10)(H,9,11). The van der Waals surface area contributed by atoms with Crippen molar-refractivity contribution in [3.05, 3.63) is 0 Å². The summed E-state index contributed by atoms with van der Waals surface area (Å²) in [7, 11) is 0. The predicted octanol–water partition coefficient (Wildman–Crippen LogP) is 0.356.